The molecule has 1 aromatic heterocycles. The minimum absolute atomic E-state index is 0. The van der Waals surface area contributed by atoms with E-state index >= 15 is 0 Å². The molecule has 9 heteroatoms. The first-order valence-electron chi connectivity index (χ1n) is 8.37. The Labute approximate surface area is 153 Å². The van der Waals surface area contributed by atoms with Gasteiger partial charge in [0.1, 0.15) is 5.82 Å². The van der Waals surface area contributed by atoms with Crippen LogP contribution in [0.5, 0.6) is 0 Å². The van der Waals surface area contributed by atoms with Gasteiger partial charge in [-0.15, -0.1) is 22.6 Å². The van der Waals surface area contributed by atoms with Gasteiger partial charge in [0.2, 0.25) is 5.91 Å². The molecule has 2 saturated heterocycles. The maximum atomic E-state index is 12.2. The zero-order valence-electron chi connectivity index (χ0n) is 14.1. The minimum Gasteiger partial charge on any atom is -0.376 e. The van der Waals surface area contributed by atoms with Crippen molar-refractivity contribution in [3.63, 3.8) is 0 Å². The topological polar surface area (TPSA) is 72.3 Å². The number of thioether (sulfide) groups is 1. The molecular weight excluding hydrogens is 350 g/mol. The number of ether oxygens (including phenoxy) is 1. The molecule has 0 saturated carbocycles. The molecule has 0 radical (unpaired) electrons. The van der Waals surface area contributed by atoms with Crippen LogP contribution >= 0.6 is 24.2 Å². The van der Waals surface area contributed by atoms with Gasteiger partial charge < -0.3 is 19.5 Å². The third-order valence-corrected chi connectivity index (χ3v) is 5.27. The molecule has 1 atom stereocenters. The highest BCUT2D eigenvalue weighted by atomic mass is 35.5. The second-order valence-corrected chi connectivity index (χ2v) is 6.99. The summed E-state index contributed by atoms with van der Waals surface area (Å²) in [5.74, 6) is 1.54. The average molecular weight is 376 g/mol. The Morgan fingerprint density at radius 2 is 2.12 bits per heavy atom. The summed E-state index contributed by atoms with van der Waals surface area (Å²) in [5.41, 5.74) is 0. The van der Waals surface area contributed by atoms with Gasteiger partial charge >= 0.3 is 0 Å². The van der Waals surface area contributed by atoms with E-state index in [1.807, 2.05) is 11.9 Å². The summed E-state index contributed by atoms with van der Waals surface area (Å²) in [6.07, 6.45) is 4.67. The predicted octanol–water partition coefficient (Wildman–Crippen LogP) is 1.31. The highest BCUT2D eigenvalue weighted by molar-refractivity contribution is 7.99. The number of hydrogen-bond donors (Lipinski definition) is 1. The summed E-state index contributed by atoms with van der Waals surface area (Å²) < 4.78 is 7.85. The van der Waals surface area contributed by atoms with Gasteiger partial charge in [-0.05, 0) is 32.7 Å². The number of aromatic nitrogens is 3. The van der Waals surface area contributed by atoms with Crippen molar-refractivity contribution in [2.45, 2.75) is 50.0 Å². The van der Waals surface area contributed by atoms with Crippen LogP contribution < -0.4 is 5.32 Å². The largest absolute Gasteiger partial charge is 0.376 e. The van der Waals surface area contributed by atoms with Crippen LogP contribution in [0.4, 0.5) is 0 Å². The van der Waals surface area contributed by atoms with Crippen LogP contribution in [-0.2, 0) is 22.6 Å². The summed E-state index contributed by atoms with van der Waals surface area (Å²) in [5, 5.41) is 12.5. The average Bonchev–Trinajstić information content (AvgIpc) is 3.29. The first-order valence-corrected chi connectivity index (χ1v) is 9.35. The second kappa shape index (κ2) is 9.60. The van der Waals surface area contributed by atoms with E-state index in [0.717, 1.165) is 62.9 Å². The molecule has 1 unspecified atom stereocenters. The fourth-order valence-electron chi connectivity index (χ4n) is 3.07. The molecule has 2 aliphatic rings. The lowest BCUT2D eigenvalue weighted by Crippen LogP contribution is -2.29. The van der Waals surface area contributed by atoms with Crippen LogP contribution in [0.3, 0.4) is 0 Å². The van der Waals surface area contributed by atoms with Crippen molar-refractivity contribution < 1.29 is 9.53 Å². The number of nitrogens with zero attached hydrogens (tertiary/aromatic N) is 4. The lowest BCUT2D eigenvalue weighted by atomic mass is 10.2. The number of nitrogens with one attached hydrogen (secondary N) is 1. The van der Waals surface area contributed by atoms with E-state index in [2.05, 4.69) is 20.1 Å². The van der Waals surface area contributed by atoms with E-state index < -0.39 is 0 Å². The molecule has 3 rings (SSSR count). The molecule has 0 aliphatic carbocycles. The molecule has 24 heavy (non-hydrogen) atoms. The van der Waals surface area contributed by atoms with Crippen LogP contribution in [0, 0.1) is 0 Å². The number of hydrogen-bond acceptors (Lipinski definition) is 6. The van der Waals surface area contributed by atoms with Crippen LogP contribution in [0.1, 0.15) is 31.5 Å². The Hall–Kier alpha value is -0.830. The lowest BCUT2D eigenvalue weighted by Gasteiger charge is -2.16. The van der Waals surface area contributed by atoms with E-state index in [-0.39, 0.29) is 24.4 Å². The summed E-state index contributed by atoms with van der Waals surface area (Å²) >= 11 is 1.49. The molecule has 2 aliphatic heterocycles. The Balaban J connectivity index is 0.00000208. The Morgan fingerprint density at radius 3 is 2.79 bits per heavy atom. The van der Waals surface area contributed by atoms with E-state index in [1.165, 1.54) is 11.8 Å². The Morgan fingerprint density at radius 1 is 1.33 bits per heavy atom. The van der Waals surface area contributed by atoms with Gasteiger partial charge in [0.15, 0.2) is 5.16 Å². The number of halogens is 1. The third-order valence-electron chi connectivity index (χ3n) is 4.32. The predicted molar refractivity (Wildman–Crippen MR) is 95.5 cm³/mol. The van der Waals surface area contributed by atoms with Crippen molar-refractivity contribution in [2.24, 2.45) is 0 Å². The lowest BCUT2D eigenvalue weighted by molar-refractivity contribution is -0.127. The van der Waals surface area contributed by atoms with Gasteiger partial charge in [-0.3, -0.25) is 4.79 Å². The quantitative estimate of drug-likeness (QED) is 0.724. The van der Waals surface area contributed by atoms with Crippen molar-refractivity contribution in [1.29, 1.82) is 0 Å². The number of rotatable bonds is 7. The fraction of sp³-hybridized carbons (Fsp3) is 0.800. The zero-order valence-corrected chi connectivity index (χ0v) is 15.7. The molecule has 1 N–H and O–H groups in total. The van der Waals surface area contributed by atoms with Crippen molar-refractivity contribution in [2.75, 3.05) is 32.5 Å². The molecule has 136 valence electrons. The molecule has 0 bridgehead atoms. The van der Waals surface area contributed by atoms with Gasteiger partial charge in [-0.1, -0.05) is 11.8 Å². The normalized spacial score (nSPS) is 20.4. The van der Waals surface area contributed by atoms with Crippen molar-refractivity contribution in [3.05, 3.63) is 5.82 Å². The highest BCUT2D eigenvalue weighted by Gasteiger charge is 2.23. The number of likely N-dealkylation sites (tertiary alicyclic amines) is 1. The summed E-state index contributed by atoms with van der Waals surface area (Å²) in [6.45, 7) is 4.06. The van der Waals surface area contributed by atoms with E-state index in [1.54, 1.807) is 0 Å². The maximum Gasteiger partial charge on any atom is 0.233 e. The summed E-state index contributed by atoms with van der Waals surface area (Å²) in [4.78, 5) is 14.2. The van der Waals surface area contributed by atoms with Crippen LogP contribution in [0.15, 0.2) is 5.16 Å². The SMILES string of the molecule is CNCc1nnc(SCC(=O)N2CCCC2)n1CC1CCCO1.Cl. The molecule has 0 aromatic carbocycles. The van der Waals surface area contributed by atoms with Crippen molar-refractivity contribution in [1.82, 2.24) is 25.0 Å². The number of amides is 1. The standard InChI is InChI=1S/C15H25N5O2S.ClH/c1-16-9-13-17-18-15(20(13)10-12-5-4-8-22-12)23-11-14(21)19-6-2-3-7-19;/h12,16H,2-11H2,1H3;1H. The van der Waals surface area contributed by atoms with Crippen LogP contribution in [0.25, 0.3) is 0 Å². The van der Waals surface area contributed by atoms with E-state index in [0.29, 0.717) is 12.3 Å². The van der Waals surface area contributed by atoms with Crippen LogP contribution in [0.2, 0.25) is 0 Å². The molecular formula is C15H26ClN5O2S. The first kappa shape index (κ1) is 19.5. The second-order valence-electron chi connectivity index (χ2n) is 6.05. The zero-order chi connectivity index (χ0) is 16.1. The third kappa shape index (κ3) is 4.84. The maximum absolute atomic E-state index is 12.2. The highest BCUT2D eigenvalue weighted by Crippen LogP contribution is 2.22. The van der Waals surface area contributed by atoms with Crippen LogP contribution in [-0.4, -0.2) is 64.2 Å². The van der Waals surface area contributed by atoms with E-state index in [4.69, 9.17) is 4.74 Å². The van der Waals surface area contributed by atoms with Gasteiger partial charge in [0.05, 0.1) is 24.9 Å². The Kier molecular flexibility index (Phi) is 7.80. The van der Waals surface area contributed by atoms with Gasteiger partial charge in [-0.25, -0.2) is 0 Å². The Bertz CT molecular complexity index is 530. The minimum atomic E-state index is 0. The molecule has 1 aromatic rings. The summed E-state index contributed by atoms with van der Waals surface area (Å²) in [7, 11) is 1.90. The molecule has 1 amide bonds. The van der Waals surface area contributed by atoms with Gasteiger partial charge in [0, 0.05) is 19.7 Å². The number of carbonyl (C=O) groups is 1. The fourth-order valence-corrected chi connectivity index (χ4v) is 3.94. The molecule has 2 fully saturated rings. The van der Waals surface area contributed by atoms with Gasteiger partial charge in [-0.2, -0.15) is 0 Å². The molecule has 0 spiro atoms. The van der Waals surface area contributed by atoms with Gasteiger partial charge in [0.25, 0.3) is 0 Å². The molecule has 7 nitrogen and oxygen atoms in total. The van der Waals surface area contributed by atoms with Crippen molar-refractivity contribution in [3.8, 4) is 0 Å². The van der Waals surface area contributed by atoms with Crippen molar-refractivity contribution >= 4 is 30.1 Å². The molecule has 3 heterocycles. The smallest absolute Gasteiger partial charge is 0.233 e. The number of carbonyl (C=O) groups excluding carboxylic acids is 1. The first-order chi connectivity index (χ1) is 11.3. The van der Waals surface area contributed by atoms with E-state index in [9.17, 15) is 4.79 Å². The summed E-state index contributed by atoms with van der Waals surface area (Å²) in [6, 6.07) is 0. The monoisotopic (exact) mass is 375 g/mol.